The molecule has 16 heavy (non-hydrogen) atoms. The van der Waals surface area contributed by atoms with E-state index in [9.17, 15) is 0 Å². The van der Waals surface area contributed by atoms with Gasteiger partial charge in [0.25, 0.3) is 0 Å². The fourth-order valence-corrected chi connectivity index (χ4v) is 1.85. The summed E-state index contributed by atoms with van der Waals surface area (Å²) >= 11 is 0. The smallest absolute Gasteiger partial charge is 0.0721 e. The summed E-state index contributed by atoms with van der Waals surface area (Å²) in [5, 5.41) is 0. The maximum absolute atomic E-state index is 5.97. The van der Waals surface area contributed by atoms with Crippen LogP contribution < -0.4 is 0 Å². The summed E-state index contributed by atoms with van der Waals surface area (Å²) < 4.78 is 5.97. The van der Waals surface area contributed by atoms with Crippen LogP contribution in [0.2, 0.25) is 0 Å². The van der Waals surface area contributed by atoms with Crippen molar-refractivity contribution >= 4 is 0 Å². The van der Waals surface area contributed by atoms with Crippen molar-refractivity contribution in [3.8, 4) is 0 Å². The summed E-state index contributed by atoms with van der Waals surface area (Å²) in [6.45, 7) is 11.1. The zero-order chi connectivity index (χ0) is 12.0. The van der Waals surface area contributed by atoms with Crippen LogP contribution in [0.3, 0.4) is 0 Å². The predicted octanol–water partition coefficient (Wildman–Crippen LogP) is 4.05. The minimum Gasteiger partial charge on any atom is -0.373 e. The first kappa shape index (κ1) is 13.0. The summed E-state index contributed by atoms with van der Waals surface area (Å²) in [5.74, 6) is 0.903. The molecule has 0 heterocycles. The second kappa shape index (κ2) is 6.49. The van der Waals surface area contributed by atoms with E-state index < -0.39 is 0 Å². The standard InChI is InChI=1S/C15H22O/c1-5-13(4)15(12(2)3)16-11-14-9-7-6-8-10-14/h5-10,12-13,15H,1,11H2,2-4H3/t13-,15+/m0/s1. The molecule has 88 valence electrons. The second-order valence-corrected chi connectivity index (χ2v) is 4.60. The van der Waals surface area contributed by atoms with Crippen LogP contribution in [0.5, 0.6) is 0 Å². The van der Waals surface area contributed by atoms with E-state index in [0.717, 1.165) is 0 Å². The fraction of sp³-hybridized carbons (Fsp3) is 0.467. The highest BCUT2D eigenvalue weighted by atomic mass is 16.5. The molecule has 1 aromatic carbocycles. The number of hydrogen-bond acceptors (Lipinski definition) is 1. The average Bonchev–Trinajstić information content (AvgIpc) is 2.30. The Balaban J connectivity index is 2.54. The van der Waals surface area contributed by atoms with Crippen molar-refractivity contribution in [1.82, 2.24) is 0 Å². The van der Waals surface area contributed by atoms with E-state index >= 15 is 0 Å². The van der Waals surface area contributed by atoms with E-state index in [4.69, 9.17) is 4.74 Å². The van der Waals surface area contributed by atoms with E-state index in [1.165, 1.54) is 5.56 Å². The maximum Gasteiger partial charge on any atom is 0.0721 e. The highest BCUT2D eigenvalue weighted by Crippen LogP contribution is 2.19. The monoisotopic (exact) mass is 218 g/mol. The van der Waals surface area contributed by atoms with E-state index in [1.54, 1.807) is 0 Å². The van der Waals surface area contributed by atoms with Gasteiger partial charge in [0, 0.05) is 5.92 Å². The van der Waals surface area contributed by atoms with Gasteiger partial charge in [-0.05, 0) is 11.5 Å². The van der Waals surface area contributed by atoms with Crippen LogP contribution in [0.25, 0.3) is 0 Å². The Morgan fingerprint density at radius 2 is 1.81 bits per heavy atom. The Labute approximate surface area is 99.1 Å². The Morgan fingerprint density at radius 1 is 1.19 bits per heavy atom. The molecule has 0 saturated heterocycles. The van der Waals surface area contributed by atoms with Crippen molar-refractivity contribution in [1.29, 1.82) is 0 Å². The quantitative estimate of drug-likeness (QED) is 0.654. The molecule has 0 unspecified atom stereocenters. The van der Waals surface area contributed by atoms with Crippen LogP contribution in [-0.2, 0) is 11.3 Å². The molecule has 0 saturated carbocycles. The first-order valence-corrected chi connectivity index (χ1v) is 5.93. The van der Waals surface area contributed by atoms with E-state index in [-0.39, 0.29) is 6.10 Å². The molecule has 0 aromatic heterocycles. The molecular formula is C15H22O. The number of rotatable bonds is 6. The Hall–Kier alpha value is -1.08. The van der Waals surface area contributed by atoms with Crippen LogP contribution in [0.15, 0.2) is 43.0 Å². The molecule has 1 nitrogen and oxygen atoms in total. The zero-order valence-corrected chi connectivity index (χ0v) is 10.5. The van der Waals surface area contributed by atoms with Crippen LogP contribution in [0.1, 0.15) is 26.3 Å². The van der Waals surface area contributed by atoms with Gasteiger partial charge < -0.3 is 4.74 Å². The van der Waals surface area contributed by atoms with Crippen molar-refractivity contribution in [2.45, 2.75) is 33.5 Å². The van der Waals surface area contributed by atoms with Gasteiger partial charge >= 0.3 is 0 Å². The van der Waals surface area contributed by atoms with Crippen LogP contribution in [0.4, 0.5) is 0 Å². The van der Waals surface area contributed by atoms with Crippen molar-refractivity contribution in [2.24, 2.45) is 11.8 Å². The molecule has 1 heteroatoms. The predicted molar refractivity (Wildman–Crippen MR) is 69.2 cm³/mol. The third-order valence-corrected chi connectivity index (χ3v) is 2.83. The minimum atomic E-state index is 0.248. The molecule has 0 bridgehead atoms. The Morgan fingerprint density at radius 3 is 2.31 bits per heavy atom. The lowest BCUT2D eigenvalue weighted by Gasteiger charge is -2.25. The molecule has 1 rings (SSSR count). The lowest BCUT2D eigenvalue weighted by molar-refractivity contribution is -0.0116. The average molecular weight is 218 g/mol. The van der Waals surface area contributed by atoms with Crippen molar-refractivity contribution in [3.63, 3.8) is 0 Å². The lowest BCUT2D eigenvalue weighted by Crippen LogP contribution is -2.26. The Kier molecular flexibility index (Phi) is 5.27. The first-order valence-electron chi connectivity index (χ1n) is 5.93. The van der Waals surface area contributed by atoms with E-state index in [2.05, 4.69) is 39.5 Å². The zero-order valence-electron chi connectivity index (χ0n) is 10.5. The van der Waals surface area contributed by atoms with Gasteiger partial charge in [-0.1, -0.05) is 57.2 Å². The number of hydrogen-bond donors (Lipinski definition) is 0. The van der Waals surface area contributed by atoms with Crippen molar-refractivity contribution in [2.75, 3.05) is 0 Å². The third kappa shape index (κ3) is 3.82. The topological polar surface area (TPSA) is 9.23 Å². The molecular weight excluding hydrogens is 196 g/mol. The highest BCUT2D eigenvalue weighted by Gasteiger charge is 2.18. The fourth-order valence-electron chi connectivity index (χ4n) is 1.85. The second-order valence-electron chi connectivity index (χ2n) is 4.60. The van der Waals surface area contributed by atoms with Crippen molar-refractivity contribution in [3.05, 3.63) is 48.6 Å². The molecule has 0 aliphatic rings. The minimum absolute atomic E-state index is 0.248. The van der Waals surface area contributed by atoms with Crippen LogP contribution in [-0.4, -0.2) is 6.10 Å². The van der Waals surface area contributed by atoms with Gasteiger partial charge in [-0.25, -0.2) is 0 Å². The molecule has 0 fully saturated rings. The normalized spacial score (nSPS) is 14.8. The third-order valence-electron chi connectivity index (χ3n) is 2.83. The van der Waals surface area contributed by atoms with Gasteiger partial charge in [0.2, 0.25) is 0 Å². The lowest BCUT2D eigenvalue weighted by atomic mass is 9.95. The van der Waals surface area contributed by atoms with Gasteiger partial charge in [-0.3, -0.25) is 0 Å². The summed E-state index contributed by atoms with van der Waals surface area (Å²) in [7, 11) is 0. The molecule has 0 aliphatic carbocycles. The summed E-state index contributed by atoms with van der Waals surface area (Å²) in [5.41, 5.74) is 1.23. The summed E-state index contributed by atoms with van der Waals surface area (Å²) in [6.07, 6.45) is 2.22. The maximum atomic E-state index is 5.97. The van der Waals surface area contributed by atoms with Gasteiger partial charge in [0.15, 0.2) is 0 Å². The van der Waals surface area contributed by atoms with E-state index in [0.29, 0.717) is 18.4 Å². The van der Waals surface area contributed by atoms with Gasteiger partial charge in [0.05, 0.1) is 12.7 Å². The Bertz CT molecular complexity index is 302. The van der Waals surface area contributed by atoms with Gasteiger partial charge in [-0.2, -0.15) is 0 Å². The molecule has 0 amide bonds. The SMILES string of the molecule is C=C[C@H](C)[C@H](OCc1ccccc1)C(C)C. The number of ether oxygens (including phenoxy) is 1. The first-order chi connectivity index (χ1) is 7.65. The van der Waals surface area contributed by atoms with Crippen LogP contribution in [0, 0.1) is 11.8 Å². The molecule has 0 aliphatic heterocycles. The van der Waals surface area contributed by atoms with Crippen molar-refractivity contribution < 1.29 is 4.74 Å². The largest absolute Gasteiger partial charge is 0.373 e. The van der Waals surface area contributed by atoms with Crippen LogP contribution >= 0.6 is 0 Å². The molecule has 0 N–H and O–H groups in total. The molecule has 0 spiro atoms. The molecule has 1 aromatic rings. The summed E-state index contributed by atoms with van der Waals surface area (Å²) in [4.78, 5) is 0. The van der Waals surface area contributed by atoms with E-state index in [1.807, 2.05) is 24.3 Å². The number of benzene rings is 1. The highest BCUT2D eigenvalue weighted by molar-refractivity contribution is 5.13. The van der Waals surface area contributed by atoms with Gasteiger partial charge in [0.1, 0.15) is 0 Å². The van der Waals surface area contributed by atoms with Gasteiger partial charge in [-0.15, -0.1) is 6.58 Å². The summed E-state index contributed by atoms with van der Waals surface area (Å²) in [6, 6.07) is 10.3. The molecule has 0 radical (unpaired) electrons. The molecule has 2 atom stereocenters.